The van der Waals surface area contributed by atoms with E-state index in [1.54, 1.807) is 33.1 Å². The van der Waals surface area contributed by atoms with Crippen LogP contribution in [0.25, 0.3) is 21.3 Å². The summed E-state index contributed by atoms with van der Waals surface area (Å²) in [6, 6.07) is 9.32. The Bertz CT molecular complexity index is 1540. The van der Waals surface area contributed by atoms with Crippen molar-refractivity contribution in [1.82, 2.24) is 9.55 Å². The molecule has 3 heterocycles. The first kappa shape index (κ1) is 26.2. The van der Waals surface area contributed by atoms with Gasteiger partial charge in [0.2, 0.25) is 5.91 Å². The number of benzene rings is 1. The molecule has 1 amide bonds. The first-order valence-electron chi connectivity index (χ1n) is 11.5. The van der Waals surface area contributed by atoms with Crippen molar-refractivity contribution in [3.8, 4) is 11.1 Å². The van der Waals surface area contributed by atoms with Crippen LogP contribution in [-0.4, -0.2) is 40.1 Å². The highest BCUT2D eigenvalue weighted by atomic mass is 32.1. The van der Waals surface area contributed by atoms with E-state index in [2.05, 4.69) is 10.3 Å². The number of amides is 1. The molecule has 0 unspecified atom stereocenters. The van der Waals surface area contributed by atoms with Crippen LogP contribution >= 0.6 is 22.7 Å². The van der Waals surface area contributed by atoms with Crippen LogP contribution < -0.4 is 10.9 Å². The van der Waals surface area contributed by atoms with Gasteiger partial charge in [0.15, 0.2) is 0 Å². The van der Waals surface area contributed by atoms with E-state index in [0.717, 1.165) is 16.9 Å². The van der Waals surface area contributed by atoms with Gasteiger partial charge in [0.05, 0.1) is 24.4 Å². The Hall–Kier alpha value is -3.83. The van der Waals surface area contributed by atoms with Crippen molar-refractivity contribution in [3.63, 3.8) is 0 Å². The van der Waals surface area contributed by atoms with Crippen LogP contribution in [0.3, 0.4) is 0 Å². The second-order valence-electron chi connectivity index (χ2n) is 8.36. The number of nitrogens with one attached hydrogen (secondary N) is 1. The lowest BCUT2D eigenvalue weighted by Crippen LogP contribution is -2.28. The van der Waals surface area contributed by atoms with Gasteiger partial charge in [0, 0.05) is 10.9 Å². The molecule has 0 bridgehead atoms. The van der Waals surface area contributed by atoms with Gasteiger partial charge in [-0.3, -0.25) is 14.2 Å². The number of hydrogen-bond donors (Lipinski definition) is 1. The monoisotopic (exact) mass is 539 g/mol. The normalized spacial score (nSPS) is 11.1. The van der Waals surface area contributed by atoms with E-state index in [9.17, 15) is 19.2 Å². The molecule has 4 aromatic rings. The molecule has 3 aromatic heterocycles. The zero-order valence-electron chi connectivity index (χ0n) is 20.7. The fraction of sp³-hybridized carbons (Fsp3) is 0.269. The van der Waals surface area contributed by atoms with E-state index in [1.807, 2.05) is 30.3 Å². The molecule has 0 saturated carbocycles. The van der Waals surface area contributed by atoms with Gasteiger partial charge in [-0.15, -0.1) is 22.7 Å². The average Bonchev–Trinajstić information content (AvgIpc) is 3.42. The van der Waals surface area contributed by atoms with Crippen LogP contribution in [0.5, 0.6) is 0 Å². The van der Waals surface area contributed by atoms with E-state index in [4.69, 9.17) is 9.47 Å². The number of esters is 2. The quantitative estimate of drug-likeness (QED) is 0.317. The molecule has 11 heteroatoms. The molecule has 0 aliphatic rings. The summed E-state index contributed by atoms with van der Waals surface area (Å²) in [6.45, 7) is 6.71. The number of carbonyl (C=O) groups excluding carboxylic acids is 3. The molecule has 1 N–H and O–H groups in total. The molecule has 0 fully saturated rings. The Balaban J connectivity index is 1.62. The third kappa shape index (κ3) is 5.47. The fourth-order valence-corrected chi connectivity index (χ4v) is 5.74. The molecular weight excluding hydrogens is 514 g/mol. The highest BCUT2D eigenvalue weighted by Gasteiger charge is 2.24. The summed E-state index contributed by atoms with van der Waals surface area (Å²) in [6.07, 6.45) is 0.970. The Morgan fingerprint density at radius 2 is 1.86 bits per heavy atom. The molecule has 0 aliphatic heterocycles. The Morgan fingerprint density at radius 3 is 2.54 bits per heavy atom. The number of aromatic nitrogens is 2. The van der Waals surface area contributed by atoms with Gasteiger partial charge in [0.25, 0.3) is 5.56 Å². The summed E-state index contributed by atoms with van der Waals surface area (Å²) in [4.78, 5) is 56.3. The van der Waals surface area contributed by atoms with Crippen molar-refractivity contribution in [2.75, 3.05) is 11.9 Å². The summed E-state index contributed by atoms with van der Waals surface area (Å²) in [5.74, 6) is -1.58. The lowest BCUT2D eigenvalue weighted by molar-refractivity contribution is -0.116. The number of thiophene rings is 2. The van der Waals surface area contributed by atoms with Crippen molar-refractivity contribution in [1.29, 1.82) is 0 Å². The zero-order valence-corrected chi connectivity index (χ0v) is 22.3. The Labute approximate surface area is 220 Å². The molecule has 0 aliphatic carbocycles. The van der Waals surface area contributed by atoms with Crippen molar-refractivity contribution in [3.05, 3.63) is 68.4 Å². The molecule has 9 nitrogen and oxygen atoms in total. The average molecular weight is 540 g/mol. The van der Waals surface area contributed by atoms with Gasteiger partial charge >= 0.3 is 11.9 Å². The minimum absolute atomic E-state index is 0.185. The Kier molecular flexibility index (Phi) is 7.84. The number of anilines is 1. The van der Waals surface area contributed by atoms with Gasteiger partial charge < -0.3 is 14.8 Å². The van der Waals surface area contributed by atoms with Gasteiger partial charge in [-0.05, 0) is 38.8 Å². The third-order valence-corrected chi connectivity index (χ3v) is 7.44. The lowest BCUT2D eigenvalue weighted by atomic mass is 10.0. The van der Waals surface area contributed by atoms with Crippen LogP contribution in [0, 0.1) is 6.92 Å². The van der Waals surface area contributed by atoms with Gasteiger partial charge in [0.1, 0.15) is 26.8 Å². The standard InChI is InChI=1S/C26H25N3O6S2/c1-5-34-25(32)20-17(16-9-7-6-8-10-16)12-36-23(20)28-18(30)11-29-13-27-22-19(24(29)31)15(4)21(37-22)26(33)35-14(2)3/h6-10,12-14H,5,11H2,1-4H3,(H,28,30). The van der Waals surface area contributed by atoms with Crippen LogP contribution in [0.4, 0.5) is 5.00 Å². The summed E-state index contributed by atoms with van der Waals surface area (Å²) in [7, 11) is 0. The Morgan fingerprint density at radius 1 is 1.14 bits per heavy atom. The number of rotatable bonds is 8. The maximum atomic E-state index is 13.2. The number of nitrogens with zero attached hydrogens (tertiary/aromatic N) is 2. The molecule has 4 rings (SSSR count). The predicted molar refractivity (Wildman–Crippen MR) is 144 cm³/mol. The second kappa shape index (κ2) is 11.1. The number of fused-ring (bicyclic) bond motifs is 1. The van der Waals surface area contributed by atoms with Crippen molar-refractivity contribution in [2.45, 2.75) is 40.3 Å². The maximum absolute atomic E-state index is 13.2. The van der Waals surface area contributed by atoms with Gasteiger partial charge in [-0.2, -0.15) is 0 Å². The minimum Gasteiger partial charge on any atom is -0.462 e. The smallest absolute Gasteiger partial charge is 0.348 e. The molecule has 37 heavy (non-hydrogen) atoms. The zero-order chi connectivity index (χ0) is 26.7. The molecule has 0 spiro atoms. The summed E-state index contributed by atoms with van der Waals surface area (Å²) >= 11 is 2.28. The van der Waals surface area contributed by atoms with E-state index in [-0.39, 0.29) is 30.2 Å². The topological polar surface area (TPSA) is 117 Å². The summed E-state index contributed by atoms with van der Waals surface area (Å²) in [5.41, 5.74) is 1.74. The van der Waals surface area contributed by atoms with E-state index in [0.29, 0.717) is 25.8 Å². The molecule has 0 atom stereocenters. The van der Waals surface area contributed by atoms with Crippen LogP contribution in [0.2, 0.25) is 0 Å². The highest BCUT2D eigenvalue weighted by molar-refractivity contribution is 7.20. The van der Waals surface area contributed by atoms with E-state index < -0.39 is 23.4 Å². The molecule has 1 aromatic carbocycles. The minimum atomic E-state index is -0.548. The highest BCUT2D eigenvalue weighted by Crippen LogP contribution is 2.36. The number of aryl methyl sites for hydroxylation is 1. The number of ether oxygens (including phenoxy) is 2. The molecule has 0 saturated heterocycles. The molecular formula is C26H25N3O6S2. The predicted octanol–water partition coefficient (Wildman–Crippen LogP) is 4.88. The molecule has 192 valence electrons. The van der Waals surface area contributed by atoms with Crippen LogP contribution in [0.15, 0.2) is 46.8 Å². The fourth-order valence-electron chi connectivity index (χ4n) is 3.74. The number of carbonyl (C=O) groups is 3. The van der Waals surface area contributed by atoms with E-state index >= 15 is 0 Å². The largest absolute Gasteiger partial charge is 0.462 e. The SMILES string of the molecule is CCOC(=O)c1c(-c2ccccc2)csc1NC(=O)Cn1cnc2sc(C(=O)OC(C)C)c(C)c2c1=O. The molecule has 0 radical (unpaired) electrons. The lowest BCUT2D eigenvalue weighted by Gasteiger charge is -2.10. The van der Waals surface area contributed by atoms with Crippen molar-refractivity contribution >= 4 is 55.7 Å². The van der Waals surface area contributed by atoms with Crippen LogP contribution in [0.1, 0.15) is 46.4 Å². The van der Waals surface area contributed by atoms with Crippen LogP contribution in [-0.2, 0) is 20.8 Å². The summed E-state index contributed by atoms with van der Waals surface area (Å²) < 4.78 is 11.7. The van der Waals surface area contributed by atoms with Crippen molar-refractivity contribution < 1.29 is 23.9 Å². The van der Waals surface area contributed by atoms with Gasteiger partial charge in [-0.1, -0.05) is 30.3 Å². The first-order valence-corrected chi connectivity index (χ1v) is 13.2. The second-order valence-corrected chi connectivity index (χ2v) is 10.2. The third-order valence-electron chi connectivity index (χ3n) is 5.37. The first-order chi connectivity index (χ1) is 17.7. The van der Waals surface area contributed by atoms with Gasteiger partial charge in [-0.25, -0.2) is 14.6 Å². The van der Waals surface area contributed by atoms with E-state index in [1.165, 1.54) is 22.2 Å². The van der Waals surface area contributed by atoms with Crippen molar-refractivity contribution in [2.24, 2.45) is 0 Å². The number of hydrogen-bond acceptors (Lipinski definition) is 9. The maximum Gasteiger partial charge on any atom is 0.348 e. The summed E-state index contributed by atoms with van der Waals surface area (Å²) in [5, 5.41) is 5.12.